The molecule has 2 atom stereocenters. The summed E-state index contributed by atoms with van der Waals surface area (Å²) in [5.41, 5.74) is 17.9. The number of fused-ring (bicyclic) bond motifs is 12. The summed E-state index contributed by atoms with van der Waals surface area (Å²) in [4.78, 5) is 11.8. The van der Waals surface area contributed by atoms with Crippen molar-refractivity contribution in [2.24, 2.45) is 0 Å². The molecule has 0 saturated heterocycles. The van der Waals surface area contributed by atoms with Gasteiger partial charge in [0.1, 0.15) is 0 Å². The molecule has 3 aliphatic rings. The van der Waals surface area contributed by atoms with E-state index in [0.29, 0.717) is 11.2 Å². The van der Waals surface area contributed by atoms with E-state index >= 15 is 0 Å². The van der Waals surface area contributed by atoms with Gasteiger partial charge in [0.15, 0.2) is 0 Å². The Morgan fingerprint density at radius 1 is 0.483 bits per heavy atom. The summed E-state index contributed by atoms with van der Waals surface area (Å²) in [7, 11) is 0. The standard InChI is InChI=1S/C55H38N2S/c1-55(2)48-30-38(36-14-10-12-34(28-36)33-11-9-13-35(27-33)37-23-26-52-47(29-37)44-17-7-8-20-51(44)58-52)21-24-42(48)43-25-22-39(31-49(43)55)50-32-56-53-45-18-5-3-15-40(45)41-16-4-6-19-46(41)54(53)57-50/h3-32,44,51H,1-2H3. The van der Waals surface area contributed by atoms with E-state index in [2.05, 4.69) is 190 Å². The summed E-state index contributed by atoms with van der Waals surface area (Å²) in [6.07, 6.45) is 11.0. The van der Waals surface area contributed by atoms with E-state index in [4.69, 9.17) is 9.97 Å². The van der Waals surface area contributed by atoms with Crippen LogP contribution in [-0.4, -0.2) is 15.2 Å². The van der Waals surface area contributed by atoms with Gasteiger partial charge in [-0.25, -0.2) is 4.98 Å². The van der Waals surface area contributed by atoms with E-state index in [1.807, 2.05) is 18.0 Å². The van der Waals surface area contributed by atoms with Crippen LogP contribution in [0.15, 0.2) is 187 Å². The molecule has 0 bridgehead atoms. The third kappa shape index (κ3) is 5.13. The maximum Gasteiger partial charge on any atom is 0.0979 e. The van der Waals surface area contributed by atoms with Crippen molar-refractivity contribution in [1.29, 1.82) is 0 Å². The molecule has 1 aromatic heterocycles. The van der Waals surface area contributed by atoms with E-state index in [1.165, 1.54) is 76.9 Å². The molecule has 0 spiro atoms. The molecule has 0 N–H and O–H groups in total. The second-order valence-electron chi connectivity index (χ2n) is 16.5. The third-order valence-electron chi connectivity index (χ3n) is 12.8. The van der Waals surface area contributed by atoms with Crippen molar-refractivity contribution in [2.75, 3.05) is 0 Å². The minimum Gasteiger partial charge on any atom is -0.252 e. The van der Waals surface area contributed by atoms with Gasteiger partial charge in [-0.15, -0.1) is 11.8 Å². The Hall–Kier alpha value is -6.55. The molecule has 2 aliphatic carbocycles. The van der Waals surface area contributed by atoms with Crippen molar-refractivity contribution in [3.63, 3.8) is 0 Å². The van der Waals surface area contributed by atoms with Crippen molar-refractivity contribution in [2.45, 2.75) is 35.3 Å². The molecule has 9 aromatic rings. The van der Waals surface area contributed by atoms with Gasteiger partial charge in [0.25, 0.3) is 0 Å². The Labute approximate surface area is 342 Å². The van der Waals surface area contributed by atoms with Gasteiger partial charge in [0.2, 0.25) is 0 Å². The monoisotopic (exact) mass is 758 g/mol. The molecule has 274 valence electrons. The molecule has 2 unspecified atom stereocenters. The van der Waals surface area contributed by atoms with Gasteiger partial charge in [-0.2, -0.15) is 0 Å². The van der Waals surface area contributed by atoms with Gasteiger partial charge in [0, 0.05) is 37.8 Å². The molecule has 8 aromatic carbocycles. The maximum atomic E-state index is 5.32. The summed E-state index contributed by atoms with van der Waals surface area (Å²) in [5, 5.41) is 5.20. The average molecular weight is 759 g/mol. The highest BCUT2D eigenvalue weighted by Gasteiger charge is 2.36. The summed E-state index contributed by atoms with van der Waals surface area (Å²) < 4.78 is 0. The number of benzene rings is 8. The first kappa shape index (κ1) is 33.6. The molecule has 0 radical (unpaired) electrons. The quantitative estimate of drug-likeness (QED) is 0.167. The van der Waals surface area contributed by atoms with E-state index < -0.39 is 0 Å². The highest BCUT2D eigenvalue weighted by atomic mass is 32.2. The zero-order valence-electron chi connectivity index (χ0n) is 32.3. The van der Waals surface area contributed by atoms with Crippen molar-refractivity contribution in [3.05, 3.63) is 199 Å². The van der Waals surface area contributed by atoms with Gasteiger partial charge >= 0.3 is 0 Å². The minimum atomic E-state index is -0.187. The zero-order valence-corrected chi connectivity index (χ0v) is 33.1. The first-order valence-corrected chi connectivity index (χ1v) is 21.1. The lowest BCUT2D eigenvalue weighted by Crippen LogP contribution is -2.15. The SMILES string of the molecule is CC1(C)c2cc(-c3cccc(-c4cccc(-c5ccc6c(c5)C5C=CC=CC5S6)c4)c3)ccc2-c2ccc(-c3cnc4c5ccccc5c5ccccc5c4n3)cc21. The van der Waals surface area contributed by atoms with Crippen LogP contribution in [0.3, 0.4) is 0 Å². The number of hydrogen-bond acceptors (Lipinski definition) is 3. The summed E-state index contributed by atoms with van der Waals surface area (Å²) in [6.45, 7) is 4.72. The lowest BCUT2D eigenvalue weighted by atomic mass is 9.81. The smallest absolute Gasteiger partial charge is 0.0979 e. The number of nitrogens with zero attached hydrogens (tertiary/aromatic N) is 2. The molecule has 1 aliphatic heterocycles. The van der Waals surface area contributed by atoms with Crippen LogP contribution in [0.5, 0.6) is 0 Å². The molecule has 0 amide bonds. The Morgan fingerprint density at radius 3 is 1.69 bits per heavy atom. The fourth-order valence-electron chi connectivity index (χ4n) is 9.82. The minimum absolute atomic E-state index is 0.187. The zero-order chi connectivity index (χ0) is 38.5. The highest BCUT2D eigenvalue weighted by Crippen LogP contribution is 2.51. The first-order valence-electron chi connectivity index (χ1n) is 20.2. The van der Waals surface area contributed by atoms with E-state index in [9.17, 15) is 0 Å². The molecule has 12 rings (SSSR count). The number of allylic oxidation sites excluding steroid dienone is 3. The Balaban J connectivity index is 0.872. The van der Waals surface area contributed by atoms with Gasteiger partial charge in [0.05, 0.1) is 22.9 Å². The number of rotatable bonds is 4. The Morgan fingerprint density at radius 2 is 1.02 bits per heavy atom. The Kier molecular flexibility index (Phi) is 7.37. The maximum absolute atomic E-state index is 5.32. The fraction of sp³-hybridized carbons (Fsp3) is 0.0909. The van der Waals surface area contributed by atoms with Crippen molar-refractivity contribution in [3.8, 4) is 55.8 Å². The van der Waals surface area contributed by atoms with Gasteiger partial charge < -0.3 is 0 Å². The van der Waals surface area contributed by atoms with Gasteiger partial charge in [-0.05, 0) is 108 Å². The first-order chi connectivity index (χ1) is 28.5. The number of thioether (sulfide) groups is 1. The second-order valence-corrected chi connectivity index (χ2v) is 17.7. The third-order valence-corrected chi connectivity index (χ3v) is 14.2. The topological polar surface area (TPSA) is 25.8 Å². The van der Waals surface area contributed by atoms with Crippen LogP contribution in [-0.2, 0) is 5.41 Å². The predicted octanol–water partition coefficient (Wildman–Crippen LogP) is 14.6. The second kappa shape index (κ2) is 12.7. The van der Waals surface area contributed by atoms with E-state index in [-0.39, 0.29) is 5.41 Å². The van der Waals surface area contributed by atoms with Crippen LogP contribution in [0.25, 0.3) is 88.3 Å². The van der Waals surface area contributed by atoms with E-state index in [1.54, 1.807) is 0 Å². The lowest BCUT2D eigenvalue weighted by molar-refractivity contribution is 0.661. The number of aromatic nitrogens is 2. The average Bonchev–Trinajstić information content (AvgIpc) is 3.77. The normalized spacial score (nSPS) is 17.1. The van der Waals surface area contributed by atoms with Gasteiger partial charge in [-0.1, -0.05) is 153 Å². The number of hydrogen-bond donors (Lipinski definition) is 0. The van der Waals surface area contributed by atoms with Crippen LogP contribution >= 0.6 is 11.8 Å². The van der Waals surface area contributed by atoms with Gasteiger partial charge in [-0.3, -0.25) is 4.98 Å². The molecule has 3 heteroatoms. The van der Waals surface area contributed by atoms with Crippen LogP contribution in [0.1, 0.15) is 36.5 Å². The Bertz CT molecular complexity index is 3220. The van der Waals surface area contributed by atoms with Crippen molar-refractivity contribution in [1.82, 2.24) is 9.97 Å². The van der Waals surface area contributed by atoms with Crippen LogP contribution in [0.2, 0.25) is 0 Å². The molecular weight excluding hydrogens is 721 g/mol. The summed E-state index contributed by atoms with van der Waals surface area (Å²) >= 11 is 1.98. The van der Waals surface area contributed by atoms with Crippen molar-refractivity contribution >= 4 is 44.3 Å². The lowest BCUT2D eigenvalue weighted by Gasteiger charge is -2.22. The van der Waals surface area contributed by atoms with E-state index in [0.717, 1.165) is 33.1 Å². The summed E-state index contributed by atoms with van der Waals surface area (Å²) in [6, 6.07) is 56.1. The molecule has 2 nitrogen and oxygen atoms in total. The molecule has 2 heterocycles. The molecule has 0 fully saturated rings. The van der Waals surface area contributed by atoms with Crippen LogP contribution in [0, 0.1) is 0 Å². The van der Waals surface area contributed by atoms with Crippen LogP contribution < -0.4 is 0 Å². The molecule has 0 saturated carbocycles. The fourth-order valence-corrected chi connectivity index (χ4v) is 11.1. The largest absolute Gasteiger partial charge is 0.252 e. The molecule has 58 heavy (non-hydrogen) atoms. The summed E-state index contributed by atoms with van der Waals surface area (Å²) in [5.74, 6) is 0.457. The molecular formula is C55H38N2S. The highest BCUT2D eigenvalue weighted by molar-refractivity contribution is 8.00. The predicted molar refractivity (Wildman–Crippen MR) is 245 cm³/mol. The van der Waals surface area contributed by atoms with Crippen LogP contribution in [0.4, 0.5) is 0 Å². The van der Waals surface area contributed by atoms with Crippen molar-refractivity contribution < 1.29 is 0 Å².